The summed E-state index contributed by atoms with van der Waals surface area (Å²) in [7, 11) is 0. The molecule has 3 aromatic carbocycles. The highest BCUT2D eigenvalue weighted by Gasteiger charge is 2.22. The van der Waals surface area contributed by atoms with Crippen LogP contribution in [0.3, 0.4) is 0 Å². The number of aromatic nitrogens is 2. The van der Waals surface area contributed by atoms with E-state index in [1.165, 1.54) is 11.8 Å². The molecule has 0 radical (unpaired) electrons. The molecule has 0 unspecified atom stereocenters. The Hall–Kier alpha value is -3.31. The van der Waals surface area contributed by atoms with Gasteiger partial charge in [-0.3, -0.25) is 9.36 Å². The molecule has 0 amide bonds. The monoisotopic (exact) mass is 414 g/mol. The topological polar surface area (TPSA) is 44.1 Å². The molecule has 0 atom stereocenters. The highest BCUT2D eigenvalue weighted by Crippen LogP contribution is 2.38. The van der Waals surface area contributed by atoms with Crippen molar-refractivity contribution in [1.82, 2.24) is 9.55 Å². The van der Waals surface area contributed by atoms with Crippen molar-refractivity contribution < 1.29 is 9.53 Å². The van der Waals surface area contributed by atoms with Gasteiger partial charge in [0.1, 0.15) is 0 Å². The first-order valence-electron chi connectivity index (χ1n) is 9.85. The summed E-state index contributed by atoms with van der Waals surface area (Å²) >= 11 is 1.39. The van der Waals surface area contributed by atoms with Gasteiger partial charge in [-0.2, -0.15) is 0 Å². The van der Waals surface area contributed by atoms with Gasteiger partial charge < -0.3 is 4.74 Å². The molecule has 0 fully saturated rings. The first kappa shape index (κ1) is 20.0. The van der Waals surface area contributed by atoms with Crippen molar-refractivity contribution in [2.75, 3.05) is 12.4 Å². The maximum Gasteiger partial charge on any atom is 0.316 e. The number of carbonyl (C=O) groups is 1. The number of carbonyl (C=O) groups excluding carboxylic acids is 1. The van der Waals surface area contributed by atoms with Crippen LogP contribution in [0.15, 0.2) is 96.2 Å². The average Bonchev–Trinajstić information content (AvgIpc) is 3.19. The summed E-state index contributed by atoms with van der Waals surface area (Å²) in [6.07, 6.45) is 0. The number of para-hydroxylation sites is 1. The van der Waals surface area contributed by atoms with E-state index in [-0.39, 0.29) is 11.7 Å². The zero-order valence-electron chi connectivity index (χ0n) is 16.7. The lowest BCUT2D eigenvalue weighted by atomic mass is 10.0. The number of hydrogen-bond donors (Lipinski definition) is 0. The van der Waals surface area contributed by atoms with Gasteiger partial charge in [0.2, 0.25) is 0 Å². The van der Waals surface area contributed by atoms with E-state index < -0.39 is 0 Å². The molecule has 0 spiro atoms. The highest BCUT2D eigenvalue weighted by atomic mass is 32.2. The average molecular weight is 415 g/mol. The molecular weight excluding hydrogens is 392 g/mol. The van der Waals surface area contributed by atoms with Crippen LogP contribution in [0, 0.1) is 0 Å². The molecule has 0 aliphatic rings. The summed E-state index contributed by atoms with van der Waals surface area (Å²) in [5.41, 5.74) is 4.98. The van der Waals surface area contributed by atoms with Crippen molar-refractivity contribution in [3.63, 3.8) is 0 Å². The molecule has 0 N–H and O–H groups in total. The fourth-order valence-corrected chi connectivity index (χ4v) is 4.11. The summed E-state index contributed by atoms with van der Waals surface area (Å²) in [6, 6.07) is 30.5. The Bertz CT molecular complexity index is 1110. The third-order valence-electron chi connectivity index (χ3n) is 4.58. The molecule has 0 saturated heterocycles. The molecule has 30 heavy (non-hydrogen) atoms. The van der Waals surface area contributed by atoms with Gasteiger partial charge in [-0.1, -0.05) is 90.6 Å². The lowest BCUT2D eigenvalue weighted by Gasteiger charge is -2.13. The Morgan fingerprint density at radius 2 is 1.43 bits per heavy atom. The van der Waals surface area contributed by atoms with Gasteiger partial charge in [-0.05, 0) is 19.1 Å². The van der Waals surface area contributed by atoms with Gasteiger partial charge in [0.25, 0.3) is 0 Å². The molecule has 4 nitrogen and oxygen atoms in total. The quantitative estimate of drug-likeness (QED) is 0.281. The molecule has 4 rings (SSSR count). The third-order valence-corrected chi connectivity index (χ3v) is 5.49. The maximum atomic E-state index is 12.0. The predicted octanol–water partition coefficient (Wildman–Crippen LogP) is 5.86. The Balaban J connectivity index is 1.91. The smallest absolute Gasteiger partial charge is 0.316 e. The lowest BCUT2D eigenvalue weighted by molar-refractivity contribution is -0.139. The summed E-state index contributed by atoms with van der Waals surface area (Å²) in [5, 5.41) is 0.756. The molecule has 0 saturated carbocycles. The van der Waals surface area contributed by atoms with E-state index in [0.29, 0.717) is 6.61 Å². The number of benzene rings is 3. The molecule has 5 heteroatoms. The van der Waals surface area contributed by atoms with Crippen LogP contribution in [-0.2, 0) is 9.53 Å². The van der Waals surface area contributed by atoms with Crippen molar-refractivity contribution >= 4 is 17.7 Å². The molecule has 0 bridgehead atoms. The van der Waals surface area contributed by atoms with Crippen molar-refractivity contribution in [1.29, 1.82) is 0 Å². The van der Waals surface area contributed by atoms with E-state index in [1.807, 2.05) is 61.5 Å². The largest absolute Gasteiger partial charge is 0.465 e. The van der Waals surface area contributed by atoms with Crippen molar-refractivity contribution in [3.8, 4) is 28.2 Å². The Morgan fingerprint density at radius 3 is 2.03 bits per heavy atom. The second-order valence-corrected chi connectivity index (χ2v) is 7.53. The first-order valence-corrected chi connectivity index (χ1v) is 10.8. The standard InChI is InChI=1S/C25H22N2O2S/c1-2-29-22(28)18-30-25-26-23(19-12-6-3-7-13-19)24(20-14-8-4-9-15-20)27(25)21-16-10-5-11-17-21/h3-17H,2,18H2,1H3. The number of hydrogen-bond acceptors (Lipinski definition) is 4. The minimum atomic E-state index is -0.243. The fraction of sp³-hybridized carbons (Fsp3) is 0.120. The minimum Gasteiger partial charge on any atom is -0.465 e. The third kappa shape index (κ3) is 4.31. The van der Waals surface area contributed by atoms with Crippen molar-refractivity contribution in [2.45, 2.75) is 12.1 Å². The van der Waals surface area contributed by atoms with Gasteiger partial charge in [0.05, 0.1) is 23.7 Å². The molecular formula is C25H22N2O2S. The normalized spacial score (nSPS) is 10.7. The van der Waals surface area contributed by atoms with Gasteiger partial charge in [0.15, 0.2) is 5.16 Å². The predicted molar refractivity (Wildman–Crippen MR) is 122 cm³/mol. The summed E-state index contributed by atoms with van der Waals surface area (Å²) < 4.78 is 7.25. The maximum absolute atomic E-state index is 12.0. The Labute approximate surface area is 180 Å². The van der Waals surface area contributed by atoms with E-state index in [1.54, 1.807) is 0 Å². The molecule has 0 aliphatic heterocycles. The van der Waals surface area contributed by atoms with E-state index >= 15 is 0 Å². The van der Waals surface area contributed by atoms with Crippen LogP contribution in [0.2, 0.25) is 0 Å². The lowest BCUT2D eigenvalue weighted by Crippen LogP contribution is -2.08. The Kier molecular flexibility index (Phi) is 6.30. The van der Waals surface area contributed by atoms with Gasteiger partial charge in [-0.25, -0.2) is 4.98 Å². The molecule has 1 heterocycles. The summed E-state index contributed by atoms with van der Waals surface area (Å²) in [4.78, 5) is 17.0. The van der Waals surface area contributed by atoms with E-state index in [4.69, 9.17) is 9.72 Å². The first-order chi connectivity index (χ1) is 14.8. The minimum absolute atomic E-state index is 0.208. The van der Waals surface area contributed by atoms with Crippen LogP contribution < -0.4 is 0 Å². The zero-order valence-corrected chi connectivity index (χ0v) is 17.5. The van der Waals surface area contributed by atoms with Crippen LogP contribution in [0.5, 0.6) is 0 Å². The SMILES string of the molecule is CCOC(=O)CSc1nc(-c2ccccc2)c(-c2ccccc2)n1-c1ccccc1. The second-order valence-electron chi connectivity index (χ2n) is 6.59. The molecule has 0 aliphatic carbocycles. The van der Waals surface area contributed by atoms with Crippen molar-refractivity contribution in [3.05, 3.63) is 91.0 Å². The van der Waals surface area contributed by atoms with E-state index in [9.17, 15) is 4.79 Å². The highest BCUT2D eigenvalue weighted by molar-refractivity contribution is 7.99. The fourth-order valence-electron chi connectivity index (χ4n) is 3.30. The van der Waals surface area contributed by atoms with Crippen LogP contribution in [0.25, 0.3) is 28.2 Å². The molecule has 4 aromatic rings. The van der Waals surface area contributed by atoms with Crippen LogP contribution in [0.4, 0.5) is 0 Å². The van der Waals surface area contributed by atoms with E-state index in [0.717, 1.165) is 33.4 Å². The van der Waals surface area contributed by atoms with Crippen LogP contribution in [-0.4, -0.2) is 27.9 Å². The van der Waals surface area contributed by atoms with Gasteiger partial charge in [-0.15, -0.1) is 0 Å². The number of thioether (sulfide) groups is 1. The second kappa shape index (κ2) is 9.46. The van der Waals surface area contributed by atoms with Crippen LogP contribution in [0.1, 0.15) is 6.92 Å². The molecule has 150 valence electrons. The van der Waals surface area contributed by atoms with Gasteiger partial charge in [0, 0.05) is 16.8 Å². The number of ether oxygens (including phenoxy) is 1. The zero-order chi connectivity index (χ0) is 20.8. The number of esters is 1. The Morgan fingerprint density at radius 1 is 0.867 bits per heavy atom. The molecule has 1 aromatic heterocycles. The van der Waals surface area contributed by atoms with Gasteiger partial charge >= 0.3 is 5.97 Å². The van der Waals surface area contributed by atoms with Crippen molar-refractivity contribution in [2.24, 2.45) is 0 Å². The van der Waals surface area contributed by atoms with E-state index in [2.05, 4.69) is 41.0 Å². The number of nitrogens with zero attached hydrogens (tertiary/aromatic N) is 2. The number of rotatable bonds is 7. The summed E-state index contributed by atoms with van der Waals surface area (Å²) in [6.45, 7) is 2.19. The van der Waals surface area contributed by atoms with Crippen LogP contribution >= 0.6 is 11.8 Å². The summed E-state index contributed by atoms with van der Waals surface area (Å²) in [5.74, 6) is -0.0345. The number of imidazole rings is 1.